The summed E-state index contributed by atoms with van der Waals surface area (Å²) in [5.41, 5.74) is 9.69. The molecule has 0 aliphatic heterocycles. The molecule has 0 spiro atoms. The van der Waals surface area contributed by atoms with Crippen LogP contribution >= 0.6 is 9.24 Å². The molecule has 0 aromatic heterocycles. The van der Waals surface area contributed by atoms with Crippen molar-refractivity contribution in [2.45, 2.75) is 84.8 Å². The number of rotatable bonds is 9. The van der Waals surface area contributed by atoms with Crippen LogP contribution in [0, 0.1) is 19.8 Å². The highest BCUT2D eigenvalue weighted by molar-refractivity contribution is 7.28. The summed E-state index contributed by atoms with van der Waals surface area (Å²) >= 11 is 0. The van der Waals surface area contributed by atoms with E-state index in [4.69, 9.17) is 4.74 Å². The Morgan fingerprint density at radius 1 is 1.05 bits per heavy atom. The maximum Gasteiger partial charge on any atom is 0.183 e. The van der Waals surface area contributed by atoms with E-state index < -0.39 is 0 Å². The molecule has 5 atom stereocenters. The quantitative estimate of drug-likeness (QED) is 0.216. The minimum atomic E-state index is -0.302. The molecular formula is C34H44NO2P. The first-order valence-corrected chi connectivity index (χ1v) is 14.7. The maximum absolute atomic E-state index is 10.2. The molecule has 0 saturated heterocycles. The number of aliphatic hydroxyl groups is 1. The summed E-state index contributed by atoms with van der Waals surface area (Å²) in [6.45, 7) is 15.0. The molecule has 1 aliphatic carbocycles. The van der Waals surface area contributed by atoms with E-state index in [9.17, 15) is 5.11 Å². The SMILES string of the molecule is C=C(Nc1cc(C)c(-c2ccc(-c3ccc(C(C)CCC)cc3)cc2)c(P)c1C)OC1CC[C@H](C)C(O)C1. The van der Waals surface area contributed by atoms with E-state index in [1.165, 1.54) is 51.5 Å². The third kappa shape index (κ3) is 6.50. The van der Waals surface area contributed by atoms with Gasteiger partial charge in [-0.25, -0.2) is 0 Å². The molecule has 4 heteroatoms. The fraction of sp³-hybridized carbons (Fsp3) is 0.412. The van der Waals surface area contributed by atoms with Gasteiger partial charge in [-0.05, 0) is 102 Å². The number of anilines is 1. The molecule has 4 rings (SSSR count). The summed E-state index contributed by atoms with van der Waals surface area (Å²) in [4.78, 5) is 0. The largest absolute Gasteiger partial charge is 0.476 e. The first-order valence-electron chi connectivity index (χ1n) is 14.1. The van der Waals surface area contributed by atoms with Crippen molar-refractivity contribution < 1.29 is 9.84 Å². The first-order chi connectivity index (χ1) is 18.2. The third-order valence-corrected chi connectivity index (χ3v) is 8.95. The second kappa shape index (κ2) is 12.5. The zero-order valence-corrected chi connectivity index (χ0v) is 24.8. The van der Waals surface area contributed by atoms with Crippen LogP contribution in [0.15, 0.2) is 67.1 Å². The van der Waals surface area contributed by atoms with Crippen LogP contribution < -0.4 is 10.6 Å². The number of benzene rings is 3. The summed E-state index contributed by atoms with van der Waals surface area (Å²) in [7, 11) is 2.94. The molecule has 1 aliphatic rings. The van der Waals surface area contributed by atoms with E-state index in [-0.39, 0.29) is 12.2 Å². The third-order valence-electron chi connectivity index (χ3n) is 8.23. The summed E-state index contributed by atoms with van der Waals surface area (Å²) in [5, 5.41) is 14.8. The summed E-state index contributed by atoms with van der Waals surface area (Å²) in [6.07, 6.45) is 4.73. The second-order valence-electron chi connectivity index (χ2n) is 11.2. The Balaban J connectivity index is 1.48. The lowest BCUT2D eigenvalue weighted by molar-refractivity contribution is -0.00736. The van der Waals surface area contributed by atoms with Gasteiger partial charge in [0.2, 0.25) is 0 Å². The molecule has 202 valence electrons. The number of hydrogen-bond acceptors (Lipinski definition) is 3. The van der Waals surface area contributed by atoms with Crippen molar-refractivity contribution in [3.05, 3.63) is 83.7 Å². The van der Waals surface area contributed by atoms with Gasteiger partial charge in [-0.1, -0.05) is 75.7 Å². The molecule has 0 radical (unpaired) electrons. The standard InChI is InChI=1S/C34H44NO2P/c1-7-8-21(2)26-10-12-27(13-11-26)28-14-16-29(17-15-28)33-23(4)19-31(24(5)34(33)38)35-25(6)37-30-18-9-22(3)32(36)20-30/h10-17,19,21-22,30,32,35-36H,6-9,18,20,38H2,1-5H3/t21?,22-,30?,32?/m0/s1. The van der Waals surface area contributed by atoms with Crippen LogP contribution in [0.1, 0.15) is 75.5 Å². The molecule has 3 aromatic carbocycles. The molecule has 4 unspecified atom stereocenters. The van der Waals surface area contributed by atoms with Crippen molar-refractivity contribution in [1.82, 2.24) is 0 Å². The summed E-state index contributed by atoms with van der Waals surface area (Å²) in [5.74, 6) is 1.48. The zero-order chi connectivity index (χ0) is 27.4. The van der Waals surface area contributed by atoms with Crippen LogP contribution in [-0.2, 0) is 4.74 Å². The van der Waals surface area contributed by atoms with Crippen LogP contribution in [0.3, 0.4) is 0 Å². The Hall–Kier alpha value is -2.61. The average molecular weight is 530 g/mol. The first kappa shape index (κ1) is 28.4. The molecule has 0 heterocycles. The van der Waals surface area contributed by atoms with Gasteiger partial charge >= 0.3 is 0 Å². The Kier molecular flexibility index (Phi) is 9.34. The van der Waals surface area contributed by atoms with Crippen LogP contribution in [0.2, 0.25) is 0 Å². The molecule has 2 N–H and O–H groups in total. The van der Waals surface area contributed by atoms with Crippen LogP contribution in [0.25, 0.3) is 22.3 Å². The average Bonchev–Trinajstić information content (AvgIpc) is 2.90. The molecule has 3 nitrogen and oxygen atoms in total. The zero-order valence-electron chi connectivity index (χ0n) is 23.7. The van der Waals surface area contributed by atoms with Crippen molar-refractivity contribution in [1.29, 1.82) is 0 Å². The van der Waals surface area contributed by atoms with Crippen molar-refractivity contribution in [2.24, 2.45) is 5.92 Å². The molecular weight excluding hydrogens is 485 g/mol. The van der Waals surface area contributed by atoms with Gasteiger partial charge < -0.3 is 15.2 Å². The fourth-order valence-corrected chi connectivity index (χ4v) is 6.19. The fourth-order valence-electron chi connectivity index (χ4n) is 5.64. The minimum absolute atomic E-state index is 0.00630. The Morgan fingerprint density at radius 2 is 1.66 bits per heavy atom. The molecule has 0 amide bonds. The van der Waals surface area contributed by atoms with Gasteiger partial charge in [0.15, 0.2) is 5.88 Å². The Labute approximate surface area is 231 Å². The van der Waals surface area contributed by atoms with Gasteiger partial charge in [-0.15, -0.1) is 9.24 Å². The Morgan fingerprint density at radius 3 is 2.26 bits per heavy atom. The van der Waals surface area contributed by atoms with E-state index in [1.54, 1.807) is 0 Å². The van der Waals surface area contributed by atoms with Gasteiger partial charge in [-0.2, -0.15) is 0 Å². The number of hydrogen-bond donors (Lipinski definition) is 2. The smallest absolute Gasteiger partial charge is 0.183 e. The summed E-state index contributed by atoms with van der Waals surface area (Å²) < 4.78 is 6.08. The molecule has 3 aromatic rings. The van der Waals surface area contributed by atoms with Crippen LogP contribution in [0.4, 0.5) is 5.69 Å². The van der Waals surface area contributed by atoms with Crippen molar-refractivity contribution in [3.8, 4) is 22.3 Å². The lowest BCUT2D eigenvalue weighted by Gasteiger charge is -2.32. The Bertz CT molecular complexity index is 1250. The van der Waals surface area contributed by atoms with Gasteiger partial charge in [0.05, 0.1) is 6.10 Å². The van der Waals surface area contributed by atoms with Gasteiger partial charge in [-0.3, -0.25) is 0 Å². The normalized spacial score (nSPS) is 20.1. The lowest BCUT2D eigenvalue weighted by Crippen LogP contribution is -2.32. The van der Waals surface area contributed by atoms with E-state index in [2.05, 4.69) is 110 Å². The van der Waals surface area contributed by atoms with Crippen LogP contribution in [0.5, 0.6) is 0 Å². The minimum Gasteiger partial charge on any atom is -0.476 e. The predicted molar refractivity (Wildman–Crippen MR) is 166 cm³/mol. The van der Waals surface area contributed by atoms with Gasteiger partial charge in [0, 0.05) is 12.1 Å². The van der Waals surface area contributed by atoms with Crippen LogP contribution in [-0.4, -0.2) is 17.3 Å². The van der Waals surface area contributed by atoms with E-state index in [0.29, 0.717) is 24.1 Å². The maximum atomic E-state index is 10.2. The molecule has 1 fully saturated rings. The van der Waals surface area contributed by atoms with Gasteiger partial charge in [0.25, 0.3) is 0 Å². The molecule has 0 bridgehead atoms. The van der Waals surface area contributed by atoms with E-state index in [0.717, 1.165) is 24.1 Å². The number of nitrogens with one attached hydrogen (secondary N) is 1. The van der Waals surface area contributed by atoms with Crippen molar-refractivity contribution >= 4 is 20.2 Å². The summed E-state index contributed by atoms with van der Waals surface area (Å²) in [6, 6.07) is 20.1. The number of ether oxygens (including phenoxy) is 1. The second-order valence-corrected chi connectivity index (χ2v) is 11.8. The monoisotopic (exact) mass is 529 g/mol. The highest BCUT2D eigenvalue weighted by atomic mass is 31.0. The highest BCUT2D eigenvalue weighted by Crippen LogP contribution is 2.33. The predicted octanol–water partition coefficient (Wildman–Crippen LogP) is 8.49. The topological polar surface area (TPSA) is 41.5 Å². The van der Waals surface area contributed by atoms with Gasteiger partial charge in [0.1, 0.15) is 6.10 Å². The van der Waals surface area contributed by atoms with Crippen molar-refractivity contribution in [3.63, 3.8) is 0 Å². The number of aryl methyl sites for hydroxylation is 1. The molecule has 1 saturated carbocycles. The van der Waals surface area contributed by atoms with E-state index >= 15 is 0 Å². The molecule has 38 heavy (non-hydrogen) atoms. The van der Waals surface area contributed by atoms with E-state index in [1.807, 2.05) is 0 Å². The number of aliphatic hydroxyl groups excluding tert-OH is 1. The lowest BCUT2D eigenvalue weighted by atomic mass is 9.86. The van der Waals surface area contributed by atoms with Crippen molar-refractivity contribution in [2.75, 3.05) is 5.32 Å². The highest BCUT2D eigenvalue weighted by Gasteiger charge is 2.27.